The maximum atomic E-state index is 12.4. The second-order valence-electron chi connectivity index (χ2n) is 6.30. The molecule has 0 bridgehead atoms. The largest absolute Gasteiger partial charge is 0.325 e. The maximum absolute atomic E-state index is 12.4. The van der Waals surface area contributed by atoms with E-state index in [0.29, 0.717) is 5.16 Å². The fraction of sp³-hybridized carbons (Fsp3) is 0.421. The summed E-state index contributed by atoms with van der Waals surface area (Å²) in [7, 11) is 0. The lowest BCUT2D eigenvalue weighted by molar-refractivity contribution is -0.115. The van der Waals surface area contributed by atoms with E-state index in [1.807, 2.05) is 31.2 Å². The smallest absolute Gasteiger partial charge is 0.254 e. The van der Waals surface area contributed by atoms with E-state index < -0.39 is 0 Å². The van der Waals surface area contributed by atoms with Gasteiger partial charge in [-0.2, -0.15) is 0 Å². The van der Waals surface area contributed by atoms with Gasteiger partial charge in [0.15, 0.2) is 5.16 Å². The average Bonchev–Trinajstić information content (AvgIpc) is 2.62. The molecule has 2 N–H and O–H groups in total. The molecule has 1 amide bonds. The predicted molar refractivity (Wildman–Crippen MR) is 101 cm³/mol. The number of benzene rings is 1. The molecule has 25 heavy (non-hydrogen) atoms. The van der Waals surface area contributed by atoms with E-state index in [-0.39, 0.29) is 16.7 Å². The summed E-state index contributed by atoms with van der Waals surface area (Å²) in [6.07, 6.45) is 4.72. The number of thioether (sulfide) groups is 1. The minimum absolute atomic E-state index is 0.0602. The first-order valence-electron chi connectivity index (χ1n) is 8.75. The number of carbonyl (C=O) groups excluding carboxylic acids is 1. The van der Waals surface area contributed by atoms with Gasteiger partial charge < -0.3 is 10.3 Å². The number of carbonyl (C=O) groups is 1. The van der Waals surface area contributed by atoms with Gasteiger partial charge in [0.1, 0.15) is 0 Å². The zero-order valence-corrected chi connectivity index (χ0v) is 15.4. The molecule has 0 unspecified atom stereocenters. The fourth-order valence-corrected chi connectivity index (χ4v) is 3.74. The van der Waals surface area contributed by atoms with Crippen LogP contribution in [0.15, 0.2) is 34.2 Å². The first-order chi connectivity index (χ1) is 12.1. The van der Waals surface area contributed by atoms with E-state index in [4.69, 9.17) is 0 Å². The van der Waals surface area contributed by atoms with E-state index in [9.17, 15) is 9.59 Å². The van der Waals surface area contributed by atoms with Crippen molar-refractivity contribution in [2.45, 2.75) is 56.4 Å². The van der Waals surface area contributed by atoms with Crippen molar-refractivity contribution in [3.05, 3.63) is 51.4 Å². The number of aromatic amines is 1. The third-order valence-electron chi connectivity index (χ3n) is 4.46. The van der Waals surface area contributed by atoms with Crippen LogP contribution < -0.4 is 10.9 Å². The molecule has 0 spiro atoms. The summed E-state index contributed by atoms with van der Waals surface area (Å²) in [5.74, 6) is -0.102. The van der Waals surface area contributed by atoms with Crippen LogP contribution in [0.1, 0.15) is 43.5 Å². The third kappa shape index (κ3) is 4.31. The first kappa shape index (κ1) is 17.7. The number of aromatic nitrogens is 2. The Morgan fingerprint density at radius 3 is 2.72 bits per heavy atom. The first-order valence-corrected chi connectivity index (χ1v) is 9.63. The van der Waals surface area contributed by atoms with Crippen LogP contribution in [0.25, 0.3) is 0 Å². The van der Waals surface area contributed by atoms with Gasteiger partial charge in [0.2, 0.25) is 5.91 Å². The van der Waals surface area contributed by atoms with Gasteiger partial charge in [0, 0.05) is 11.3 Å². The Morgan fingerprint density at radius 1 is 1.28 bits per heavy atom. The van der Waals surface area contributed by atoms with Crippen molar-refractivity contribution < 1.29 is 4.79 Å². The van der Waals surface area contributed by atoms with Crippen molar-refractivity contribution in [2.24, 2.45) is 0 Å². The summed E-state index contributed by atoms with van der Waals surface area (Å²) in [6.45, 7) is 3.92. The molecule has 2 aromatic rings. The number of rotatable bonds is 5. The average molecular weight is 357 g/mol. The van der Waals surface area contributed by atoms with Crippen LogP contribution >= 0.6 is 11.8 Å². The molecule has 0 saturated carbocycles. The standard InChI is InChI=1S/C19H23N3O2S/c1-3-13-8-10-14(11-9-13)20-17(23)12(2)25-19-21-16-7-5-4-6-15(16)18(24)22-19/h8-12H,3-7H2,1-2H3,(H,20,23)(H,21,22,24)/t12-/m0/s1. The number of H-pyrrole nitrogens is 1. The molecule has 0 saturated heterocycles. The van der Waals surface area contributed by atoms with Gasteiger partial charge in [-0.3, -0.25) is 9.59 Å². The second-order valence-corrected chi connectivity index (χ2v) is 7.63. The minimum Gasteiger partial charge on any atom is -0.325 e. The molecule has 0 aliphatic heterocycles. The molecule has 1 aliphatic carbocycles. The van der Waals surface area contributed by atoms with Crippen molar-refractivity contribution in [1.29, 1.82) is 0 Å². The van der Waals surface area contributed by atoms with E-state index in [2.05, 4.69) is 22.2 Å². The van der Waals surface area contributed by atoms with Crippen molar-refractivity contribution >= 4 is 23.4 Å². The molecular formula is C19H23N3O2S. The Balaban J connectivity index is 1.66. The molecule has 1 atom stereocenters. The van der Waals surface area contributed by atoms with Gasteiger partial charge in [-0.15, -0.1) is 0 Å². The third-order valence-corrected chi connectivity index (χ3v) is 5.44. The van der Waals surface area contributed by atoms with Gasteiger partial charge in [-0.1, -0.05) is 30.8 Å². The molecule has 6 heteroatoms. The molecule has 1 aromatic carbocycles. The normalized spacial score (nSPS) is 14.6. The van der Waals surface area contributed by atoms with Gasteiger partial charge in [-0.05, 0) is 56.7 Å². The number of nitrogens with one attached hydrogen (secondary N) is 2. The number of amides is 1. The van der Waals surface area contributed by atoms with Crippen LogP contribution in [0.3, 0.4) is 0 Å². The SMILES string of the molecule is CCc1ccc(NC(=O)[C@H](C)Sc2nc3c(c(=O)[nH]2)CCCC3)cc1. The van der Waals surface area contributed by atoms with E-state index >= 15 is 0 Å². The summed E-state index contributed by atoms with van der Waals surface area (Å²) in [4.78, 5) is 31.9. The number of fused-ring (bicyclic) bond motifs is 1. The molecule has 1 heterocycles. The predicted octanol–water partition coefficient (Wildman–Crippen LogP) is 3.33. The van der Waals surface area contributed by atoms with Gasteiger partial charge in [0.05, 0.1) is 10.9 Å². The molecule has 1 aromatic heterocycles. The van der Waals surface area contributed by atoms with Gasteiger partial charge in [-0.25, -0.2) is 4.98 Å². The molecule has 3 rings (SSSR count). The highest BCUT2D eigenvalue weighted by molar-refractivity contribution is 8.00. The van der Waals surface area contributed by atoms with Crippen LogP contribution in [0.4, 0.5) is 5.69 Å². The Morgan fingerprint density at radius 2 is 2.00 bits per heavy atom. The van der Waals surface area contributed by atoms with Crippen LogP contribution in [0.2, 0.25) is 0 Å². The highest BCUT2D eigenvalue weighted by atomic mass is 32.2. The lowest BCUT2D eigenvalue weighted by Gasteiger charge is -2.16. The Hall–Kier alpha value is -2.08. The highest BCUT2D eigenvalue weighted by Gasteiger charge is 2.19. The zero-order chi connectivity index (χ0) is 17.8. The Labute approximate surface area is 151 Å². The Bertz CT molecular complexity index is 814. The van der Waals surface area contributed by atoms with Crippen LogP contribution in [-0.4, -0.2) is 21.1 Å². The number of aryl methyl sites for hydroxylation is 2. The zero-order valence-electron chi connectivity index (χ0n) is 14.6. The van der Waals surface area contributed by atoms with Crippen LogP contribution in [0, 0.1) is 0 Å². The minimum atomic E-state index is -0.351. The molecule has 5 nitrogen and oxygen atoms in total. The lowest BCUT2D eigenvalue weighted by Crippen LogP contribution is -2.25. The topological polar surface area (TPSA) is 74.8 Å². The summed E-state index contributed by atoms with van der Waals surface area (Å²) in [5.41, 5.74) is 3.65. The highest BCUT2D eigenvalue weighted by Crippen LogP contribution is 2.23. The Kier molecular flexibility index (Phi) is 5.58. The number of hydrogen-bond donors (Lipinski definition) is 2. The van der Waals surface area contributed by atoms with Crippen molar-refractivity contribution in [2.75, 3.05) is 5.32 Å². The number of hydrogen-bond acceptors (Lipinski definition) is 4. The molecule has 1 aliphatic rings. The van der Waals surface area contributed by atoms with E-state index in [0.717, 1.165) is 49.0 Å². The number of nitrogens with zero attached hydrogens (tertiary/aromatic N) is 1. The number of anilines is 1. The fourth-order valence-electron chi connectivity index (χ4n) is 2.92. The second kappa shape index (κ2) is 7.87. The quantitative estimate of drug-likeness (QED) is 0.636. The van der Waals surface area contributed by atoms with Crippen LogP contribution in [0.5, 0.6) is 0 Å². The molecular weight excluding hydrogens is 334 g/mol. The molecule has 0 fully saturated rings. The van der Waals surface area contributed by atoms with Crippen LogP contribution in [-0.2, 0) is 24.1 Å². The van der Waals surface area contributed by atoms with Crippen molar-refractivity contribution in [1.82, 2.24) is 9.97 Å². The summed E-state index contributed by atoms with van der Waals surface area (Å²) in [6, 6.07) is 7.84. The summed E-state index contributed by atoms with van der Waals surface area (Å²) in [5, 5.41) is 3.08. The summed E-state index contributed by atoms with van der Waals surface area (Å²) >= 11 is 1.29. The van der Waals surface area contributed by atoms with Gasteiger partial charge >= 0.3 is 0 Å². The van der Waals surface area contributed by atoms with E-state index in [1.54, 1.807) is 0 Å². The van der Waals surface area contributed by atoms with E-state index in [1.165, 1.54) is 17.3 Å². The summed E-state index contributed by atoms with van der Waals surface area (Å²) < 4.78 is 0. The van der Waals surface area contributed by atoms with Crippen molar-refractivity contribution in [3.63, 3.8) is 0 Å². The monoisotopic (exact) mass is 357 g/mol. The maximum Gasteiger partial charge on any atom is 0.254 e. The molecule has 132 valence electrons. The lowest BCUT2D eigenvalue weighted by atomic mass is 9.97. The molecule has 0 radical (unpaired) electrons. The van der Waals surface area contributed by atoms with Gasteiger partial charge in [0.25, 0.3) is 5.56 Å². The van der Waals surface area contributed by atoms with Crippen molar-refractivity contribution in [3.8, 4) is 0 Å².